The van der Waals surface area contributed by atoms with Gasteiger partial charge in [-0.15, -0.1) is 0 Å². The van der Waals surface area contributed by atoms with E-state index in [4.69, 9.17) is 9.47 Å². The van der Waals surface area contributed by atoms with Crippen molar-refractivity contribution in [2.75, 3.05) is 52.9 Å². The average Bonchev–Trinajstić information content (AvgIpc) is 2.79. The lowest BCUT2D eigenvalue weighted by Crippen LogP contribution is -2.53. The lowest BCUT2D eigenvalue weighted by Gasteiger charge is -2.35. The largest absolute Gasteiger partial charge is 0.486 e. The third kappa shape index (κ3) is 5.59. The Morgan fingerprint density at radius 1 is 1.00 bits per heavy atom. The number of carbonyl (C=O) groups excluding carboxylic acids is 1. The number of amides is 1. The van der Waals surface area contributed by atoms with Crippen LogP contribution in [0, 0.1) is 0 Å². The number of sulfonamides is 1. The zero-order chi connectivity index (χ0) is 22.6. The second kappa shape index (κ2) is 9.89. The third-order valence-electron chi connectivity index (χ3n) is 5.66. The molecule has 1 saturated heterocycles. The first-order valence-electron chi connectivity index (χ1n) is 10.8. The Hall–Kier alpha value is -2.62. The summed E-state index contributed by atoms with van der Waals surface area (Å²) in [6.07, 6.45) is -0.150. The third-order valence-corrected chi connectivity index (χ3v) is 7.51. The van der Waals surface area contributed by atoms with E-state index in [1.54, 1.807) is 4.90 Å². The van der Waals surface area contributed by atoms with Crippen LogP contribution in [-0.2, 0) is 20.6 Å². The molecule has 172 valence electrons. The van der Waals surface area contributed by atoms with Gasteiger partial charge in [-0.2, -0.15) is 4.31 Å². The van der Waals surface area contributed by atoms with E-state index in [0.717, 1.165) is 17.1 Å². The molecule has 0 N–H and O–H groups in total. The molecule has 0 aliphatic carbocycles. The zero-order valence-electron chi connectivity index (χ0n) is 18.2. The van der Waals surface area contributed by atoms with Crippen molar-refractivity contribution in [2.24, 2.45) is 0 Å². The van der Waals surface area contributed by atoms with Crippen LogP contribution in [0.3, 0.4) is 0 Å². The van der Waals surface area contributed by atoms with E-state index >= 15 is 0 Å². The lowest BCUT2D eigenvalue weighted by atomic mass is 10.2. The highest BCUT2D eigenvalue weighted by Gasteiger charge is 2.30. The zero-order valence-corrected chi connectivity index (χ0v) is 19.0. The Kier molecular flexibility index (Phi) is 6.98. The Labute approximate surface area is 189 Å². The van der Waals surface area contributed by atoms with Crippen LogP contribution in [0.2, 0.25) is 0 Å². The number of hydrogen-bond donors (Lipinski definition) is 0. The summed E-state index contributed by atoms with van der Waals surface area (Å²) < 4.78 is 38.6. The Bertz CT molecular complexity index is 1020. The van der Waals surface area contributed by atoms with Crippen molar-refractivity contribution < 1.29 is 22.7 Å². The van der Waals surface area contributed by atoms with Crippen LogP contribution in [0.25, 0.3) is 0 Å². The minimum absolute atomic E-state index is 0.00950. The van der Waals surface area contributed by atoms with Gasteiger partial charge in [0.15, 0.2) is 11.5 Å². The predicted molar refractivity (Wildman–Crippen MR) is 121 cm³/mol. The normalized spacial score (nSPS) is 19.2. The number of likely N-dealkylation sites (N-methyl/N-ethyl adjacent to an activating group) is 1. The fourth-order valence-corrected chi connectivity index (χ4v) is 5.50. The van der Waals surface area contributed by atoms with Gasteiger partial charge >= 0.3 is 0 Å². The van der Waals surface area contributed by atoms with E-state index in [1.807, 2.05) is 66.5 Å². The molecule has 0 bridgehead atoms. The number of piperazine rings is 1. The standard InChI is InChI=1S/C23H29N3O5S/c1-24(15-20-17-30-21-9-5-6-10-22(21)31-20)16-23(27)25-11-13-26(14-12-25)32(28,29)18-19-7-3-2-4-8-19/h2-10,20H,11-18H2,1H3/t20-/m0/s1. The number of nitrogens with zero attached hydrogens (tertiary/aromatic N) is 3. The smallest absolute Gasteiger partial charge is 0.236 e. The van der Waals surface area contributed by atoms with Crippen molar-refractivity contribution in [3.8, 4) is 11.5 Å². The van der Waals surface area contributed by atoms with Gasteiger partial charge in [0.25, 0.3) is 0 Å². The molecular formula is C23H29N3O5S. The SMILES string of the molecule is CN(CC(=O)N1CCN(S(=O)(=O)Cc2ccccc2)CC1)C[C@H]1COc2ccccc2O1. The predicted octanol–water partition coefficient (Wildman–Crippen LogP) is 1.43. The van der Waals surface area contributed by atoms with E-state index < -0.39 is 10.0 Å². The van der Waals surface area contributed by atoms with Crippen LogP contribution in [0.5, 0.6) is 11.5 Å². The van der Waals surface area contributed by atoms with Crippen LogP contribution in [0.1, 0.15) is 5.56 Å². The number of hydrogen-bond acceptors (Lipinski definition) is 6. The molecule has 4 rings (SSSR count). The summed E-state index contributed by atoms with van der Waals surface area (Å²) in [4.78, 5) is 16.4. The topological polar surface area (TPSA) is 79.4 Å². The van der Waals surface area contributed by atoms with Crippen molar-refractivity contribution in [3.05, 3.63) is 60.2 Å². The highest BCUT2D eigenvalue weighted by molar-refractivity contribution is 7.88. The molecule has 32 heavy (non-hydrogen) atoms. The average molecular weight is 460 g/mol. The number of fused-ring (bicyclic) bond motifs is 1. The van der Waals surface area contributed by atoms with E-state index in [-0.39, 0.29) is 24.3 Å². The molecule has 0 spiro atoms. The van der Waals surface area contributed by atoms with Gasteiger partial charge in [-0.05, 0) is 24.7 Å². The minimum atomic E-state index is -3.40. The van der Waals surface area contributed by atoms with E-state index in [2.05, 4.69) is 0 Å². The van der Waals surface area contributed by atoms with Gasteiger partial charge in [0, 0.05) is 32.7 Å². The number of carbonyl (C=O) groups is 1. The first-order chi connectivity index (χ1) is 15.4. The highest BCUT2D eigenvalue weighted by atomic mass is 32.2. The van der Waals surface area contributed by atoms with Crippen LogP contribution in [-0.4, -0.2) is 87.5 Å². The van der Waals surface area contributed by atoms with Gasteiger partial charge in [-0.1, -0.05) is 42.5 Å². The molecule has 9 heteroatoms. The molecule has 2 heterocycles. The van der Waals surface area contributed by atoms with Crippen LogP contribution in [0.15, 0.2) is 54.6 Å². The Balaban J connectivity index is 1.23. The molecule has 2 aromatic rings. The van der Waals surface area contributed by atoms with Crippen molar-refractivity contribution in [2.45, 2.75) is 11.9 Å². The van der Waals surface area contributed by atoms with E-state index in [1.165, 1.54) is 4.31 Å². The summed E-state index contributed by atoms with van der Waals surface area (Å²) >= 11 is 0. The van der Waals surface area contributed by atoms with Crippen LogP contribution in [0.4, 0.5) is 0 Å². The molecule has 0 aromatic heterocycles. The number of rotatable bonds is 7. The number of benzene rings is 2. The van der Waals surface area contributed by atoms with Gasteiger partial charge in [0.2, 0.25) is 15.9 Å². The van der Waals surface area contributed by atoms with E-state index in [0.29, 0.717) is 39.3 Å². The summed E-state index contributed by atoms with van der Waals surface area (Å²) in [5.74, 6) is 1.43. The minimum Gasteiger partial charge on any atom is -0.486 e. The molecule has 2 aliphatic rings. The molecule has 2 aliphatic heterocycles. The fourth-order valence-electron chi connectivity index (χ4n) is 3.99. The quantitative estimate of drug-likeness (QED) is 0.623. The van der Waals surface area contributed by atoms with Crippen molar-refractivity contribution in [1.82, 2.24) is 14.1 Å². The number of ether oxygens (including phenoxy) is 2. The molecule has 2 aromatic carbocycles. The van der Waals surface area contributed by atoms with Gasteiger partial charge in [-0.3, -0.25) is 9.69 Å². The maximum absolute atomic E-state index is 12.7. The molecule has 1 atom stereocenters. The molecule has 0 saturated carbocycles. The van der Waals surface area contributed by atoms with Gasteiger partial charge in [-0.25, -0.2) is 8.42 Å². The molecule has 0 unspecified atom stereocenters. The molecule has 0 radical (unpaired) electrons. The molecular weight excluding hydrogens is 430 g/mol. The lowest BCUT2D eigenvalue weighted by molar-refractivity contribution is -0.133. The molecule has 8 nitrogen and oxygen atoms in total. The summed E-state index contributed by atoms with van der Waals surface area (Å²) in [6, 6.07) is 16.7. The maximum Gasteiger partial charge on any atom is 0.236 e. The monoisotopic (exact) mass is 459 g/mol. The van der Waals surface area contributed by atoms with Crippen molar-refractivity contribution in [1.29, 1.82) is 0 Å². The molecule has 1 amide bonds. The van der Waals surface area contributed by atoms with Crippen LogP contribution < -0.4 is 9.47 Å². The van der Waals surface area contributed by atoms with Gasteiger partial charge in [0.05, 0.1) is 12.3 Å². The first-order valence-corrected chi connectivity index (χ1v) is 12.4. The van der Waals surface area contributed by atoms with Crippen molar-refractivity contribution in [3.63, 3.8) is 0 Å². The summed E-state index contributed by atoms with van der Waals surface area (Å²) in [7, 11) is -1.52. The Morgan fingerprint density at radius 2 is 1.66 bits per heavy atom. The van der Waals surface area contributed by atoms with Gasteiger partial charge < -0.3 is 14.4 Å². The van der Waals surface area contributed by atoms with Crippen molar-refractivity contribution >= 4 is 15.9 Å². The fraction of sp³-hybridized carbons (Fsp3) is 0.435. The second-order valence-electron chi connectivity index (χ2n) is 8.22. The maximum atomic E-state index is 12.7. The summed E-state index contributed by atoms with van der Waals surface area (Å²) in [5, 5.41) is 0. The van der Waals surface area contributed by atoms with E-state index in [9.17, 15) is 13.2 Å². The summed E-state index contributed by atoms with van der Waals surface area (Å²) in [6.45, 7) is 2.69. The summed E-state index contributed by atoms with van der Waals surface area (Å²) in [5.41, 5.74) is 0.768. The first kappa shape index (κ1) is 22.6. The number of para-hydroxylation sites is 2. The van der Waals surface area contributed by atoms with Gasteiger partial charge in [0.1, 0.15) is 12.7 Å². The highest BCUT2D eigenvalue weighted by Crippen LogP contribution is 2.30. The Morgan fingerprint density at radius 3 is 2.38 bits per heavy atom. The van der Waals surface area contributed by atoms with Crippen LogP contribution >= 0.6 is 0 Å². The molecule has 1 fully saturated rings. The second-order valence-corrected chi connectivity index (χ2v) is 10.2.